The number of hydrogen-bond acceptors (Lipinski definition) is 1. The SMILES string of the molecule is CC(c1ccccc1Cl)N(C)C(=O)c1ccc(Cl)c(Br)c1. The van der Waals surface area contributed by atoms with E-state index in [-0.39, 0.29) is 11.9 Å². The van der Waals surface area contributed by atoms with Crippen molar-refractivity contribution in [2.45, 2.75) is 13.0 Å². The first-order chi connectivity index (χ1) is 9.91. The van der Waals surface area contributed by atoms with E-state index in [4.69, 9.17) is 23.2 Å². The fourth-order valence-electron chi connectivity index (χ4n) is 2.03. The number of carbonyl (C=O) groups excluding carboxylic acids is 1. The zero-order valence-electron chi connectivity index (χ0n) is 11.6. The van der Waals surface area contributed by atoms with Crippen molar-refractivity contribution < 1.29 is 4.79 Å². The third-order valence-corrected chi connectivity index (χ3v) is 4.98. The predicted molar refractivity (Wildman–Crippen MR) is 91.1 cm³/mol. The van der Waals surface area contributed by atoms with Crippen LogP contribution >= 0.6 is 39.1 Å². The van der Waals surface area contributed by atoms with Crippen molar-refractivity contribution in [1.29, 1.82) is 0 Å². The fourth-order valence-corrected chi connectivity index (χ4v) is 2.82. The maximum absolute atomic E-state index is 12.6. The second-order valence-electron chi connectivity index (χ2n) is 4.74. The zero-order valence-corrected chi connectivity index (χ0v) is 14.7. The highest BCUT2D eigenvalue weighted by atomic mass is 79.9. The molecule has 0 aliphatic heterocycles. The molecule has 2 nitrogen and oxygen atoms in total. The molecule has 1 unspecified atom stereocenters. The lowest BCUT2D eigenvalue weighted by Crippen LogP contribution is -2.29. The summed E-state index contributed by atoms with van der Waals surface area (Å²) in [5, 5.41) is 1.23. The van der Waals surface area contributed by atoms with Crippen LogP contribution in [0.15, 0.2) is 46.9 Å². The molecule has 5 heteroatoms. The van der Waals surface area contributed by atoms with Gasteiger partial charge in [0, 0.05) is 22.1 Å². The minimum atomic E-state index is -0.124. The molecular formula is C16H14BrCl2NO. The van der Waals surface area contributed by atoms with E-state index in [1.807, 2.05) is 31.2 Å². The Morgan fingerprint density at radius 3 is 2.43 bits per heavy atom. The van der Waals surface area contributed by atoms with Crippen LogP contribution < -0.4 is 0 Å². The lowest BCUT2D eigenvalue weighted by Gasteiger charge is -2.26. The first kappa shape index (κ1) is 16.3. The number of benzene rings is 2. The molecule has 0 aromatic heterocycles. The van der Waals surface area contributed by atoms with Gasteiger partial charge in [0.05, 0.1) is 11.1 Å². The van der Waals surface area contributed by atoms with Crippen molar-refractivity contribution in [3.05, 3.63) is 68.1 Å². The molecule has 0 bridgehead atoms. The van der Waals surface area contributed by atoms with Crippen LogP contribution in [0.1, 0.15) is 28.9 Å². The number of halogens is 3. The van der Waals surface area contributed by atoms with Gasteiger partial charge in [-0.1, -0.05) is 41.4 Å². The smallest absolute Gasteiger partial charge is 0.254 e. The van der Waals surface area contributed by atoms with E-state index in [2.05, 4.69) is 15.9 Å². The van der Waals surface area contributed by atoms with E-state index in [9.17, 15) is 4.79 Å². The minimum Gasteiger partial charge on any atom is -0.335 e. The van der Waals surface area contributed by atoms with Gasteiger partial charge in [0.25, 0.3) is 5.91 Å². The summed E-state index contributed by atoms with van der Waals surface area (Å²) in [6.07, 6.45) is 0. The molecule has 2 aromatic carbocycles. The molecule has 0 heterocycles. The largest absolute Gasteiger partial charge is 0.335 e. The zero-order chi connectivity index (χ0) is 15.6. The van der Waals surface area contributed by atoms with Crippen molar-refractivity contribution >= 4 is 45.0 Å². The van der Waals surface area contributed by atoms with Crippen LogP contribution in [0.2, 0.25) is 10.0 Å². The van der Waals surface area contributed by atoms with Crippen LogP contribution in [0.5, 0.6) is 0 Å². The van der Waals surface area contributed by atoms with E-state index in [0.29, 0.717) is 20.1 Å². The highest BCUT2D eigenvalue weighted by Gasteiger charge is 2.21. The van der Waals surface area contributed by atoms with Crippen LogP contribution in [-0.4, -0.2) is 17.9 Å². The molecule has 0 fully saturated rings. The Morgan fingerprint density at radius 2 is 1.81 bits per heavy atom. The van der Waals surface area contributed by atoms with E-state index in [1.54, 1.807) is 30.1 Å². The Morgan fingerprint density at radius 1 is 1.14 bits per heavy atom. The topological polar surface area (TPSA) is 20.3 Å². The number of hydrogen-bond donors (Lipinski definition) is 0. The molecule has 0 N–H and O–H groups in total. The van der Waals surface area contributed by atoms with Crippen LogP contribution in [-0.2, 0) is 0 Å². The van der Waals surface area contributed by atoms with Crippen LogP contribution in [0.3, 0.4) is 0 Å². The molecule has 0 radical (unpaired) electrons. The third kappa shape index (κ3) is 3.60. The normalized spacial score (nSPS) is 12.0. The molecule has 0 saturated heterocycles. The Balaban J connectivity index is 2.26. The molecule has 0 spiro atoms. The first-order valence-electron chi connectivity index (χ1n) is 6.38. The van der Waals surface area contributed by atoms with Crippen molar-refractivity contribution in [3.8, 4) is 0 Å². The van der Waals surface area contributed by atoms with Gasteiger partial charge < -0.3 is 4.90 Å². The summed E-state index contributed by atoms with van der Waals surface area (Å²) in [5.41, 5.74) is 1.50. The van der Waals surface area contributed by atoms with Gasteiger partial charge in [-0.2, -0.15) is 0 Å². The second kappa shape index (κ2) is 6.82. The highest BCUT2D eigenvalue weighted by molar-refractivity contribution is 9.10. The number of amides is 1. The van der Waals surface area contributed by atoms with Gasteiger partial charge >= 0.3 is 0 Å². The maximum atomic E-state index is 12.6. The van der Waals surface area contributed by atoms with Gasteiger partial charge in [0.2, 0.25) is 0 Å². The molecule has 1 atom stereocenters. The lowest BCUT2D eigenvalue weighted by atomic mass is 10.1. The number of rotatable bonds is 3. The van der Waals surface area contributed by atoms with E-state index >= 15 is 0 Å². The molecule has 110 valence electrons. The molecule has 0 aliphatic carbocycles. The van der Waals surface area contributed by atoms with Crippen molar-refractivity contribution in [2.24, 2.45) is 0 Å². The average Bonchev–Trinajstić information content (AvgIpc) is 2.48. The van der Waals surface area contributed by atoms with Gasteiger partial charge in [-0.25, -0.2) is 0 Å². The monoisotopic (exact) mass is 385 g/mol. The molecule has 0 saturated carbocycles. The Hall–Kier alpha value is -1.03. The van der Waals surface area contributed by atoms with Crippen LogP contribution in [0, 0.1) is 0 Å². The molecule has 21 heavy (non-hydrogen) atoms. The van der Waals surface area contributed by atoms with Gasteiger partial charge in [-0.05, 0) is 52.7 Å². The van der Waals surface area contributed by atoms with E-state index < -0.39 is 0 Å². The minimum absolute atomic E-state index is 0.0835. The average molecular weight is 387 g/mol. The molecule has 2 aromatic rings. The summed E-state index contributed by atoms with van der Waals surface area (Å²) < 4.78 is 0.703. The van der Waals surface area contributed by atoms with Crippen LogP contribution in [0.25, 0.3) is 0 Å². The van der Waals surface area contributed by atoms with E-state index in [1.165, 1.54) is 0 Å². The van der Waals surface area contributed by atoms with Gasteiger partial charge in [0.1, 0.15) is 0 Å². The summed E-state index contributed by atoms with van der Waals surface area (Å²) >= 11 is 15.5. The molecule has 1 amide bonds. The maximum Gasteiger partial charge on any atom is 0.254 e. The quantitative estimate of drug-likeness (QED) is 0.673. The number of carbonyl (C=O) groups is 1. The standard InChI is InChI=1S/C16H14BrCl2NO/c1-10(12-5-3-4-6-14(12)18)20(2)16(21)11-7-8-15(19)13(17)9-11/h3-10H,1-2H3. The Bertz CT molecular complexity index is 675. The summed E-state index contributed by atoms with van der Waals surface area (Å²) in [6, 6.07) is 12.5. The summed E-state index contributed by atoms with van der Waals surface area (Å²) in [7, 11) is 1.76. The van der Waals surface area contributed by atoms with Crippen molar-refractivity contribution in [1.82, 2.24) is 4.90 Å². The predicted octanol–water partition coefficient (Wildman–Crippen LogP) is 5.59. The molecule has 0 aliphatic rings. The van der Waals surface area contributed by atoms with Gasteiger partial charge in [0.15, 0.2) is 0 Å². The lowest BCUT2D eigenvalue weighted by molar-refractivity contribution is 0.0742. The third-order valence-electron chi connectivity index (χ3n) is 3.42. The van der Waals surface area contributed by atoms with Gasteiger partial charge in [-0.3, -0.25) is 4.79 Å². The number of nitrogens with zero attached hydrogens (tertiary/aromatic N) is 1. The summed E-state index contributed by atoms with van der Waals surface area (Å²) in [5.74, 6) is -0.0835. The molecular weight excluding hydrogens is 373 g/mol. The van der Waals surface area contributed by atoms with E-state index in [0.717, 1.165) is 5.56 Å². The van der Waals surface area contributed by atoms with Crippen molar-refractivity contribution in [3.63, 3.8) is 0 Å². The highest BCUT2D eigenvalue weighted by Crippen LogP contribution is 2.28. The summed E-state index contributed by atoms with van der Waals surface area (Å²) in [4.78, 5) is 14.2. The Labute approximate surface area is 142 Å². The fraction of sp³-hybridized carbons (Fsp3) is 0.188. The summed E-state index contributed by atoms with van der Waals surface area (Å²) in [6.45, 7) is 1.95. The second-order valence-corrected chi connectivity index (χ2v) is 6.41. The van der Waals surface area contributed by atoms with Crippen LogP contribution in [0.4, 0.5) is 0 Å². The Kier molecular flexibility index (Phi) is 5.31. The van der Waals surface area contributed by atoms with Crippen molar-refractivity contribution in [2.75, 3.05) is 7.05 Å². The van der Waals surface area contributed by atoms with Gasteiger partial charge in [-0.15, -0.1) is 0 Å². The first-order valence-corrected chi connectivity index (χ1v) is 7.93. The molecule has 2 rings (SSSR count).